The van der Waals surface area contributed by atoms with Crippen molar-refractivity contribution in [1.82, 2.24) is 4.57 Å². The molecule has 0 radical (unpaired) electrons. The van der Waals surface area contributed by atoms with Crippen LogP contribution in [0.4, 0.5) is 0 Å². The van der Waals surface area contributed by atoms with E-state index in [4.69, 9.17) is 16.3 Å². The van der Waals surface area contributed by atoms with Gasteiger partial charge in [-0.1, -0.05) is 22.9 Å². The van der Waals surface area contributed by atoms with E-state index in [0.29, 0.717) is 21.3 Å². The number of aromatic nitrogens is 1. The lowest BCUT2D eigenvalue weighted by molar-refractivity contribution is -0.143. The summed E-state index contributed by atoms with van der Waals surface area (Å²) in [6, 6.07) is 8.83. The van der Waals surface area contributed by atoms with E-state index in [1.54, 1.807) is 41.8 Å². The highest BCUT2D eigenvalue weighted by Crippen LogP contribution is 2.24. The molecule has 0 fully saturated rings. The van der Waals surface area contributed by atoms with Crippen LogP contribution in [0.5, 0.6) is 0 Å². The second kappa shape index (κ2) is 7.82. The molecule has 9 heteroatoms. The maximum absolute atomic E-state index is 12.4. The topological polar surface area (TPSA) is 60.7 Å². The van der Waals surface area contributed by atoms with Crippen LogP contribution in [-0.2, 0) is 16.1 Å². The van der Waals surface area contributed by atoms with E-state index >= 15 is 0 Å². The van der Waals surface area contributed by atoms with Crippen LogP contribution in [0.1, 0.15) is 16.6 Å². The number of ether oxygens (including phenoxy) is 1. The van der Waals surface area contributed by atoms with Gasteiger partial charge in [0.15, 0.2) is 4.80 Å². The molecule has 1 amide bonds. The average Bonchev–Trinajstić information content (AvgIpc) is 3.12. The molecule has 0 N–H and O–H groups in total. The van der Waals surface area contributed by atoms with Gasteiger partial charge in [-0.25, -0.2) is 0 Å². The first-order valence-corrected chi connectivity index (χ1v) is 10.1. The fourth-order valence-electron chi connectivity index (χ4n) is 2.19. The zero-order valence-corrected chi connectivity index (χ0v) is 17.0. The summed E-state index contributed by atoms with van der Waals surface area (Å²) in [5, 5.41) is 0.581. The molecule has 5 nitrogen and oxygen atoms in total. The quantitative estimate of drug-likeness (QED) is 0.540. The van der Waals surface area contributed by atoms with E-state index in [0.717, 1.165) is 14.0 Å². The minimum absolute atomic E-state index is 0.0181. The Hall–Kier alpha value is -1.48. The Bertz CT molecular complexity index is 1020. The number of amides is 1. The van der Waals surface area contributed by atoms with Crippen LogP contribution in [0.2, 0.25) is 5.02 Å². The molecular weight excluding hydrogens is 448 g/mol. The Balaban J connectivity index is 2.10. The van der Waals surface area contributed by atoms with Crippen LogP contribution in [-0.4, -0.2) is 23.1 Å². The lowest BCUT2D eigenvalue weighted by atomic mass is 10.3. The number of carbonyl (C=O) groups excluding carboxylic acids is 2. The molecule has 0 bridgehead atoms. The number of esters is 1. The van der Waals surface area contributed by atoms with Crippen LogP contribution < -0.4 is 4.80 Å². The number of fused-ring (bicyclic) bond motifs is 1. The number of thiophene rings is 1. The number of hydrogen-bond donors (Lipinski definition) is 0. The van der Waals surface area contributed by atoms with E-state index in [2.05, 4.69) is 20.9 Å². The van der Waals surface area contributed by atoms with Crippen molar-refractivity contribution in [3.63, 3.8) is 0 Å². The molecule has 0 aliphatic heterocycles. The average molecular weight is 460 g/mol. The minimum Gasteiger partial charge on any atom is -0.465 e. The largest absolute Gasteiger partial charge is 0.465 e. The summed E-state index contributed by atoms with van der Waals surface area (Å²) in [4.78, 5) is 29.5. The highest BCUT2D eigenvalue weighted by atomic mass is 79.9. The molecule has 3 rings (SSSR count). The Morgan fingerprint density at radius 1 is 1.28 bits per heavy atom. The Labute approximate surface area is 164 Å². The molecule has 0 spiro atoms. The first kappa shape index (κ1) is 18.3. The van der Waals surface area contributed by atoms with Crippen molar-refractivity contribution in [3.05, 3.63) is 48.8 Å². The lowest BCUT2D eigenvalue weighted by Crippen LogP contribution is -2.23. The molecule has 130 valence electrons. The van der Waals surface area contributed by atoms with E-state index in [1.807, 2.05) is 0 Å². The molecule has 0 atom stereocenters. The second-order valence-corrected chi connectivity index (χ2v) is 8.82. The van der Waals surface area contributed by atoms with Gasteiger partial charge < -0.3 is 9.30 Å². The van der Waals surface area contributed by atoms with Crippen molar-refractivity contribution < 1.29 is 14.3 Å². The van der Waals surface area contributed by atoms with Gasteiger partial charge in [-0.05, 0) is 53.2 Å². The SMILES string of the molecule is CCOC(=O)Cn1c(=NC(=O)c2ccc(Br)s2)sc2cc(Cl)ccc21. The summed E-state index contributed by atoms with van der Waals surface area (Å²) in [5.74, 6) is -0.740. The van der Waals surface area contributed by atoms with Gasteiger partial charge >= 0.3 is 5.97 Å². The molecule has 0 saturated carbocycles. The zero-order valence-electron chi connectivity index (χ0n) is 13.0. The van der Waals surface area contributed by atoms with E-state index in [-0.39, 0.29) is 18.4 Å². The predicted molar refractivity (Wildman–Crippen MR) is 103 cm³/mol. The molecule has 1 aromatic carbocycles. The van der Waals surface area contributed by atoms with Gasteiger partial charge in [0.2, 0.25) is 0 Å². The van der Waals surface area contributed by atoms with Crippen LogP contribution in [0.15, 0.2) is 39.1 Å². The summed E-state index contributed by atoms with van der Waals surface area (Å²) in [6.45, 7) is 2.02. The van der Waals surface area contributed by atoms with Crippen molar-refractivity contribution in [2.75, 3.05) is 6.61 Å². The number of thiazole rings is 1. The summed E-state index contributed by atoms with van der Waals surface area (Å²) >= 11 is 12.0. The Kier molecular flexibility index (Phi) is 5.73. The van der Waals surface area contributed by atoms with Gasteiger partial charge in [-0.2, -0.15) is 4.99 Å². The van der Waals surface area contributed by atoms with Crippen LogP contribution in [0, 0.1) is 0 Å². The second-order valence-electron chi connectivity index (χ2n) is 4.91. The van der Waals surface area contributed by atoms with Crippen molar-refractivity contribution in [1.29, 1.82) is 0 Å². The first-order chi connectivity index (χ1) is 12.0. The third kappa shape index (κ3) is 4.20. The van der Waals surface area contributed by atoms with E-state index in [1.165, 1.54) is 22.7 Å². The maximum atomic E-state index is 12.4. The van der Waals surface area contributed by atoms with Crippen molar-refractivity contribution >= 4 is 72.3 Å². The third-order valence-corrected chi connectivity index (χ3v) is 6.11. The van der Waals surface area contributed by atoms with Crippen molar-refractivity contribution in [2.24, 2.45) is 4.99 Å². The number of carbonyl (C=O) groups is 2. The Morgan fingerprint density at radius 2 is 2.08 bits per heavy atom. The molecule has 2 aromatic heterocycles. The van der Waals surface area contributed by atoms with Crippen molar-refractivity contribution in [2.45, 2.75) is 13.5 Å². The fraction of sp³-hybridized carbons (Fsp3) is 0.188. The summed E-state index contributed by atoms with van der Waals surface area (Å²) in [5.41, 5.74) is 0.779. The highest BCUT2D eigenvalue weighted by molar-refractivity contribution is 9.11. The molecule has 0 aliphatic carbocycles. The number of halogens is 2. The van der Waals surface area contributed by atoms with E-state index in [9.17, 15) is 9.59 Å². The Morgan fingerprint density at radius 3 is 2.76 bits per heavy atom. The third-order valence-electron chi connectivity index (χ3n) is 3.22. The lowest BCUT2D eigenvalue weighted by Gasteiger charge is -2.05. The van der Waals surface area contributed by atoms with Crippen molar-refractivity contribution in [3.8, 4) is 0 Å². The summed E-state index contributed by atoms with van der Waals surface area (Å²) < 4.78 is 8.40. The molecule has 0 saturated heterocycles. The van der Waals surface area contributed by atoms with E-state index < -0.39 is 0 Å². The monoisotopic (exact) mass is 458 g/mol. The standard InChI is InChI=1S/C16H12BrClN2O3S2/c1-2-23-14(21)8-20-10-4-3-9(18)7-12(10)25-16(20)19-15(22)11-5-6-13(17)24-11/h3-7H,2,8H2,1H3. The summed E-state index contributed by atoms with van der Waals surface area (Å²) in [7, 11) is 0. The summed E-state index contributed by atoms with van der Waals surface area (Å²) in [6.07, 6.45) is 0. The molecule has 2 heterocycles. The number of hydrogen-bond acceptors (Lipinski definition) is 5. The maximum Gasteiger partial charge on any atom is 0.326 e. The zero-order chi connectivity index (χ0) is 18.0. The van der Waals surface area contributed by atoms with Gasteiger partial charge in [0, 0.05) is 5.02 Å². The van der Waals surface area contributed by atoms with Crippen LogP contribution >= 0.6 is 50.2 Å². The first-order valence-electron chi connectivity index (χ1n) is 7.27. The molecule has 0 aliphatic rings. The van der Waals surface area contributed by atoms with Gasteiger partial charge in [-0.3, -0.25) is 9.59 Å². The minimum atomic E-state index is -0.384. The number of nitrogens with zero attached hydrogens (tertiary/aromatic N) is 2. The van der Waals surface area contributed by atoms with Gasteiger partial charge in [0.1, 0.15) is 6.54 Å². The van der Waals surface area contributed by atoms with Gasteiger partial charge in [-0.15, -0.1) is 11.3 Å². The smallest absolute Gasteiger partial charge is 0.326 e. The normalized spacial score (nSPS) is 11.9. The highest BCUT2D eigenvalue weighted by Gasteiger charge is 2.14. The number of benzene rings is 1. The fourth-order valence-corrected chi connectivity index (χ4v) is 4.77. The molecule has 25 heavy (non-hydrogen) atoms. The van der Waals surface area contributed by atoms with Gasteiger partial charge in [0.05, 0.1) is 25.5 Å². The number of rotatable bonds is 4. The predicted octanol–water partition coefficient (Wildman–Crippen LogP) is 4.48. The molecule has 0 unspecified atom stereocenters. The molecule has 3 aromatic rings. The molecular formula is C16H12BrClN2O3S2. The van der Waals surface area contributed by atoms with Crippen LogP contribution in [0.3, 0.4) is 0 Å². The van der Waals surface area contributed by atoms with Crippen LogP contribution in [0.25, 0.3) is 10.2 Å². The van der Waals surface area contributed by atoms with Gasteiger partial charge in [0.25, 0.3) is 5.91 Å².